The van der Waals surface area contributed by atoms with Gasteiger partial charge in [-0.3, -0.25) is 4.31 Å². The summed E-state index contributed by atoms with van der Waals surface area (Å²) < 4.78 is 52.7. The highest BCUT2D eigenvalue weighted by Crippen LogP contribution is 2.26. The molecule has 0 spiro atoms. The number of nitrogens with zero attached hydrogens (tertiary/aromatic N) is 2. The smallest absolute Gasteiger partial charge is 0.271 e. The Morgan fingerprint density at radius 2 is 1.80 bits per heavy atom. The third-order valence-electron chi connectivity index (χ3n) is 2.61. The van der Waals surface area contributed by atoms with Crippen LogP contribution >= 0.6 is 0 Å². The second-order valence-corrected chi connectivity index (χ2v) is 5.88. The van der Waals surface area contributed by atoms with Gasteiger partial charge in [-0.15, -0.1) is 0 Å². The van der Waals surface area contributed by atoms with E-state index in [1.165, 1.54) is 12.3 Å². The summed E-state index contributed by atoms with van der Waals surface area (Å²) >= 11 is 0. The van der Waals surface area contributed by atoms with E-state index in [0.29, 0.717) is 4.31 Å². The number of hydrogen-bond acceptors (Lipinski definition) is 4. The van der Waals surface area contributed by atoms with Gasteiger partial charge in [0.2, 0.25) is 0 Å². The minimum absolute atomic E-state index is 0.0446. The molecule has 5 nitrogen and oxygen atoms in total. The number of nitrogen functional groups attached to an aromatic ring is 1. The first kappa shape index (κ1) is 14.2. The second-order valence-electron chi connectivity index (χ2n) is 3.97. The van der Waals surface area contributed by atoms with Crippen molar-refractivity contribution in [3.63, 3.8) is 0 Å². The Balaban J connectivity index is 2.57. The Bertz CT molecular complexity index is 713. The van der Waals surface area contributed by atoms with Crippen LogP contribution in [0.1, 0.15) is 0 Å². The monoisotopic (exact) mass is 299 g/mol. The molecule has 1 aromatic carbocycles. The third-order valence-corrected chi connectivity index (χ3v) is 4.43. The lowest BCUT2D eigenvalue weighted by molar-refractivity contribution is 0.519. The number of anilines is 2. The van der Waals surface area contributed by atoms with Crippen molar-refractivity contribution in [2.75, 3.05) is 17.1 Å². The Kier molecular flexibility index (Phi) is 3.58. The van der Waals surface area contributed by atoms with Gasteiger partial charge in [-0.05, 0) is 24.3 Å². The van der Waals surface area contributed by atoms with Crippen LogP contribution in [0, 0.1) is 11.6 Å². The van der Waals surface area contributed by atoms with Crippen molar-refractivity contribution in [2.24, 2.45) is 0 Å². The summed E-state index contributed by atoms with van der Waals surface area (Å²) in [6, 6.07) is 6.06. The summed E-state index contributed by atoms with van der Waals surface area (Å²) in [7, 11) is -3.25. The number of hydrogen-bond donors (Lipinski definition) is 1. The molecule has 0 aliphatic rings. The molecule has 1 aromatic heterocycles. The zero-order chi connectivity index (χ0) is 14.9. The van der Waals surface area contributed by atoms with Crippen LogP contribution < -0.4 is 10.0 Å². The van der Waals surface area contributed by atoms with E-state index in [9.17, 15) is 17.2 Å². The highest BCUT2D eigenvalue weighted by Gasteiger charge is 2.29. The van der Waals surface area contributed by atoms with Gasteiger partial charge in [-0.1, -0.05) is 6.07 Å². The van der Waals surface area contributed by atoms with Gasteiger partial charge in [0, 0.05) is 18.9 Å². The Labute approximate surface area is 114 Å². The zero-order valence-electron chi connectivity index (χ0n) is 10.4. The molecule has 0 radical (unpaired) electrons. The van der Waals surface area contributed by atoms with E-state index in [4.69, 9.17) is 5.73 Å². The second kappa shape index (κ2) is 5.04. The van der Waals surface area contributed by atoms with Crippen molar-refractivity contribution in [2.45, 2.75) is 4.90 Å². The van der Waals surface area contributed by atoms with E-state index in [1.807, 2.05) is 0 Å². The first-order valence-electron chi connectivity index (χ1n) is 5.48. The normalized spacial score (nSPS) is 11.3. The summed E-state index contributed by atoms with van der Waals surface area (Å²) in [5.41, 5.74) is 5.06. The van der Waals surface area contributed by atoms with Gasteiger partial charge in [0.1, 0.15) is 17.5 Å². The molecule has 0 bridgehead atoms. The fourth-order valence-electron chi connectivity index (χ4n) is 1.63. The van der Waals surface area contributed by atoms with Gasteiger partial charge in [-0.2, -0.15) is 0 Å². The molecule has 0 aliphatic carbocycles. The molecule has 0 atom stereocenters. The predicted molar refractivity (Wildman–Crippen MR) is 70.6 cm³/mol. The Morgan fingerprint density at radius 1 is 1.20 bits per heavy atom. The number of sulfonamides is 1. The van der Waals surface area contributed by atoms with Gasteiger partial charge < -0.3 is 5.73 Å². The standard InChI is InChI=1S/C12H11F2N3O2S/c1-17(11-4-2-3-5-16-11)20(18,19)12-9(13)6-8(15)7-10(12)14/h2-7H,15H2,1H3. The molecule has 2 N–H and O–H groups in total. The van der Waals surface area contributed by atoms with E-state index in [1.54, 1.807) is 12.1 Å². The first-order chi connectivity index (χ1) is 9.34. The molecular formula is C12H11F2N3O2S. The van der Waals surface area contributed by atoms with Crippen LogP contribution in [-0.2, 0) is 10.0 Å². The Hall–Kier alpha value is -2.22. The number of rotatable bonds is 3. The molecule has 0 saturated carbocycles. The van der Waals surface area contributed by atoms with Crippen molar-refractivity contribution in [1.82, 2.24) is 4.98 Å². The van der Waals surface area contributed by atoms with Gasteiger partial charge in [0.15, 0.2) is 4.90 Å². The quantitative estimate of drug-likeness (QED) is 0.876. The van der Waals surface area contributed by atoms with E-state index < -0.39 is 26.6 Å². The molecule has 20 heavy (non-hydrogen) atoms. The summed E-state index contributed by atoms with van der Waals surface area (Å²) in [6.45, 7) is 0. The molecule has 0 aliphatic heterocycles. The number of aromatic nitrogens is 1. The molecule has 0 unspecified atom stereocenters. The van der Waals surface area contributed by atoms with Gasteiger partial charge in [0.05, 0.1) is 0 Å². The van der Waals surface area contributed by atoms with Crippen LogP contribution in [0.5, 0.6) is 0 Å². The fraction of sp³-hybridized carbons (Fsp3) is 0.0833. The summed E-state index contributed by atoms with van der Waals surface area (Å²) in [6.07, 6.45) is 1.37. The first-order valence-corrected chi connectivity index (χ1v) is 6.92. The molecule has 2 rings (SSSR count). The van der Waals surface area contributed by atoms with Crippen molar-refractivity contribution < 1.29 is 17.2 Å². The molecule has 8 heteroatoms. The molecule has 2 aromatic rings. The third kappa shape index (κ3) is 2.42. The molecule has 0 amide bonds. The Morgan fingerprint density at radius 3 is 2.30 bits per heavy atom. The van der Waals surface area contributed by atoms with E-state index in [2.05, 4.69) is 4.98 Å². The number of halogens is 2. The fourth-order valence-corrected chi connectivity index (χ4v) is 2.86. The van der Waals surface area contributed by atoms with Crippen molar-refractivity contribution in [1.29, 1.82) is 0 Å². The van der Waals surface area contributed by atoms with E-state index >= 15 is 0 Å². The maximum atomic E-state index is 13.7. The van der Waals surface area contributed by atoms with Gasteiger partial charge in [0.25, 0.3) is 10.0 Å². The van der Waals surface area contributed by atoms with Gasteiger partial charge >= 0.3 is 0 Å². The van der Waals surface area contributed by atoms with E-state index in [0.717, 1.165) is 19.2 Å². The van der Waals surface area contributed by atoms with Crippen LogP contribution in [0.4, 0.5) is 20.3 Å². The highest BCUT2D eigenvalue weighted by molar-refractivity contribution is 7.92. The minimum Gasteiger partial charge on any atom is -0.399 e. The molecule has 1 heterocycles. The number of nitrogens with two attached hydrogens (primary N) is 1. The molecule has 106 valence electrons. The number of pyridine rings is 1. The minimum atomic E-state index is -4.40. The van der Waals surface area contributed by atoms with Gasteiger partial charge in [-0.25, -0.2) is 22.2 Å². The molecule has 0 saturated heterocycles. The SMILES string of the molecule is CN(c1ccccn1)S(=O)(=O)c1c(F)cc(N)cc1F. The van der Waals surface area contributed by atoms with Crippen molar-refractivity contribution >= 4 is 21.5 Å². The summed E-state index contributed by atoms with van der Waals surface area (Å²) in [4.78, 5) is 2.77. The topological polar surface area (TPSA) is 76.3 Å². The van der Waals surface area contributed by atoms with Crippen molar-refractivity contribution in [3.05, 3.63) is 48.2 Å². The lowest BCUT2D eigenvalue weighted by atomic mass is 10.3. The average Bonchev–Trinajstić information content (AvgIpc) is 2.37. The maximum Gasteiger partial charge on any atom is 0.271 e. The summed E-state index contributed by atoms with van der Waals surface area (Å²) in [5.74, 6) is -2.45. The van der Waals surface area contributed by atoms with Crippen LogP contribution in [0.15, 0.2) is 41.4 Å². The zero-order valence-corrected chi connectivity index (χ0v) is 11.2. The van der Waals surface area contributed by atoms with Crippen LogP contribution in [-0.4, -0.2) is 20.4 Å². The summed E-state index contributed by atoms with van der Waals surface area (Å²) in [5, 5.41) is 0. The van der Waals surface area contributed by atoms with Crippen LogP contribution in [0.25, 0.3) is 0 Å². The van der Waals surface area contributed by atoms with Crippen LogP contribution in [0.2, 0.25) is 0 Å². The lowest BCUT2D eigenvalue weighted by Crippen LogP contribution is -2.29. The van der Waals surface area contributed by atoms with Crippen molar-refractivity contribution in [3.8, 4) is 0 Å². The van der Waals surface area contributed by atoms with E-state index in [-0.39, 0.29) is 11.5 Å². The lowest BCUT2D eigenvalue weighted by Gasteiger charge is -2.19. The maximum absolute atomic E-state index is 13.7. The number of benzene rings is 1. The highest BCUT2D eigenvalue weighted by atomic mass is 32.2. The van der Waals surface area contributed by atoms with Crippen LogP contribution in [0.3, 0.4) is 0 Å². The molecule has 0 fully saturated rings. The average molecular weight is 299 g/mol. The largest absolute Gasteiger partial charge is 0.399 e. The molecular weight excluding hydrogens is 288 g/mol. The predicted octanol–water partition coefficient (Wildman–Crippen LogP) is 1.77.